The van der Waals surface area contributed by atoms with Crippen molar-refractivity contribution >= 4 is 0 Å². The van der Waals surface area contributed by atoms with Gasteiger partial charge in [0.15, 0.2) is 0 Å². The summed E-state index contributed by atoms with van der Waals surface area (Å²) in [6.45, 7) is 0.909. The molecule has 0 unspecified atom stereocenters. The molecule has 0 fully saturated rings. The van der Waals surface area contributed by atoms with E-state index in [1.807, 2.05) is 29.3 Å². The summed E-state index contributed by atoms with van der Waals surface area (Å²) in [5.41, 5.74) is 1.21. The molecule has 0 saturated carbocycles. The fraction of sp³-hybridized carbons (Fsp3) is 0.250. The quantitative estimate of drug-likeness (QED) is 0.727. The smallest absolute Gasteiger partial charge is 0.0519 e. The average Bonchev–Trinajstić information content (AvgIpc) is 2.74. The molecule has 2 heterocycles. The van der Waals surface area contributed by atoms with Crippen LogP contribution in [-0.2, 0) is 13.0 Å². The summed E-state index contributed by atoms with van der Waals surface area (Å²) in [5, 5.41) is 10.7. The first-order chi connectivity index (χ1) is 5.95. The van der Waals surface area contributed by atoms with E-state index in [1.54, 1.807) is 6.20 Å². The number of nitrogens with one attached hydrogen (secondary N) is 1. The van der Waals surface area contributed by atoms with E-state index in [4.69, 9.17) is 0 Å². The third-order valence-corrected chi connectivity index (χ3v) is 1.74. The second kappa shape index (κ2) is 3.21. The van der Waals surface area contributed by atoms with Crippen LogP contribution in [0.2, 0.25) is 0 Å². The second-order valence-corrected chi connectivity index (χ2v) is 2.63. The molecule has 12 heavy (non-hydrogen) atoms. The molecule has 4 heteroatoms. The average molecular weight is 162 g/mol. The molecular weight excluding hydrogens is 152 g/mol. The van der Waals surface area contributed by atoms with Crippen LogP contribution in [0.15, 0.2) is 30.9 Å². The standard InChI is InChI=1S/C8H10N4/c1-3-11-12(4-1)5-2-8-6-9-10-7-8/h1,3-4,6-7H,2,5H2,(H,9,10). The summed E-state index contributed by atoms with van der Waals surface area (Å²) in [6.07, 6.45) is 8.46. The molecule has 4 nitrogen and oxygen atoms in total. The van der Waals surface area contributed by atoms with Crippen molar-refractivity contribution < 1.29 is 0 Å². The number of rotatable bonds is 3. The molecule has 62 valence electrons. The Kier molecular flexibility index (Phi) is 1.90. The maximum absolute atomic E-state index is 4.10. The number of H-pyrrole nitrogens is 1. The van der Waals surface area contributed by atoms with Gasteiger partial charge >= 0.3 is 0 Å². The largest absolute Gasteiger partial charge is 0.285 e. The van der Waals surface area contributed by atoms with Gasteiger partial charge in [0.25, 0.3) is 0 Å². The van der Waals surface area contributed by atoms with Gasteiger partial charge in [-0.15, -0.1) is 0 Å². The SMILES string of the molecule is c1cnn(CCc2cn[nH]c2)c1. The van der Waals surface area contributed by atoms with Crippen molar-refractivity contribution in [1.82, 2.24) is 20.0 Å². The van der Waals surface area contributed by atoms with Crippen molar-refractivity contribution in [2.45, 2.75) is 13.0 Å². The topological polar surface area (TPSA) is 46.5 Å². The first-order valence-electron chi connectivity index (χ1n) is 3.90. The molecule has 0 aliphatic carbocycles. The highest BCUT2D eigenvalue weighted by Crippen LogP contribution is 1.97. The molecule has 0 saturated heterocycles. The van der Waals surface area contributed by atoms with Crippen molar-refractivity contribution in [3.8, 4) is 0 Å². The highest BCUT2D eigenvalue weighted by Gasteiger charge is 1.94. The Morgan fingerprint density at radius 3 is 3.17 bits per heavy atom. The van der Waals surface area contributed by atoms with E-state index in [-0.39, 0.29) is 0 Å². The monoisotopic (exact) mass is 162 g/mol. The molecule has 0 bridgehead atoms. The minimum absolute atomic E-state index is 0.909. The molecule has 2 aromatic rings. The van der Waals surface area contributed by atoms with E-state index in [0.29, 0.717) is 0 Å². The molecule has 0 spiro atoms. The molecular formula is C8H10N4. The lowest BCUT2D eigenvalue weighted by Crippen LogP contribution is -2.00. The number of aromatic amines is 1. The summed E-state index contributed by atoms with van der Waals surface area (Å²) >= 11 is 0. The lowest BCUT2D eigenvalue weighted by molar-refractivity contribution is 0.615. The Bertz CT molecular complexity index is 274. The van der Waals surface area contributed by atoms with Gasteiger partial charge < -0.3 is 0 Å². The summed E-state index contributed by atoms with van der Waals surface area (Å²) < 4.78 is 1.91. The van der Waals surface area contributed by atoms with Crippen LogP contribution in [0.5, 0.6) is 0 Å². The molecule has 0 amide bonds. The molecule has 0 aliphatic heterocycles. The predicted molar refractivity (Wildman–Crippen MR) is 44.5 cm³/mol. The maximum Gasteiger partial charge on any atom is 0.0519 e. The van der Waals surface area contributed by atoms with Gasteiger partial charge in [0.1, 0.15) is 0 Å². The van der Waals surface area contributed by atoms with Gasteiger partial charge in [0.05, 0.1) is 6.20 Å². The fourth-order valence-electron chi connectivity index (χ4n) is 1.09. The van der Waals surface area contributed by atoms with E-state index in [2.05, 4.69) is 15.3 Å². The van der Waals surface area contributed by atoms with Gasteiger partial charge in [-0.05, 0) is 18.1 Å². The van der Waals surface area contributed by atoms with Crippen molar-refractivity contribution in [3.63, 3.8) is 0 Å². The lowest BCUT2D eigenvalue weighted by Gasteiger charge is -1.97. The van der Waals surface area contributed by atoms with Crippen LogP contribution in [0.25, 0.3) is 0 Å². The third-order valence-electron chi connectivity index (χ3n) is 1.74. The van der Waals surface area contributed by atoms with Gasteiger partial charge in [-0.2, -0.15) is 10.2 Å². The molecule has 0 radical (unpaired) electrons. The van der Waals surface area contributed by atoms with Gasteiger partial charge in [-0.3, -0.25) is 9.78 Å². The summed E-state index contributed by atoms with van der Waals surface area (Å²) in [6, 6.07) is 1.93. The van der Waals surface area contributed by atoms with E-state index in [0.717, 1.165) is 13.0 Å². The zero-order valence-corrected chi connectivity index (χ0v) is 6.64. The van der Waals surface area contributed by atoms with E-state index >= 15 is 0 Å². The van der Waals surface area contributed by atoms with Crippen LogP contribution in [0, 0.1) is 0 Å². The fourth-order valence-corrected chi connectivity index (χ4v) is 1.09. The summed E-state index contributed by atoms with van der Waals surface area (Å²) in [5.74, 6) is 0. The van der Waals surface area contributed by atoms with Crippen molar-refractivity contribution in [1.29, 1.82) is 0 Å². The zero-order chi connectivity index (χ0) is 8.23. The van der Waals surface area contributed by atoms with Crippen LogP contribution in [0.1, 0.15) is 5.56 Å². The molecule has 0 atom stereocenters. The van der Waals surface area contributed by atoms with Crippen LogP contribution in [0.4, 0.5) is 0 Å². The molecule has 2 aromatic heterocycles. The Labute approximate surface area is 70.2 Å². The normalized spacial score (nSPS) is 10.3. The lowest BCUT2D eigenvalue weighted by atomic mass is 10.2. The molecule has 2 rings (SSSR count). The molecule has 0 aliphatic rings. The van der Waals surface area contributed by atoms with Crippen molar-refractivity contribution in [2.24, 2.45) is 0 Å². The number of hydrogen-bond acceptors (Lipinski definition) is 2. The zero-order valence-electron chi connectivity index (χ0n) is 6.64. The van der Waals surface area contributed by atoms with Crippen LogP contribution in [0.3, 0.4) is 0 Å². The Hall–Kier alpha value is -1.58. The van der Waals surface area contributed by atoms with Crippen LogP contribution in [-0.4, -0.2) is 20.0 Å². The summed E-state index contributed by atoms with van der Waals surface area (Å²) in [4.78, 5) is 0. The number of aromatic nitrogens is 4. The van der Waals surface area contributed by atoms with E-state index < -0.39 is 0 Å². The van der Waals surface area contributed by atoms with Gasteiger partial charge in [0, 0.05) is 25.1 Å². The Balaban J connectivity index is 1.91. The van der Waals surface area contributed by atoms with E-state index in [9.17, 15) is 0 Å². The van der Waals surface area contributed by atoms with Gasteiger partial charge in [-0.25, -0.2) is 0 Å². The second-order valence-electron chi connectivity index (χ2n) is 2.63. The third kappa shape index (κ3) is 1.53. The maximum atomic E-state index is 4.10. The number of nitrogens with zero attached hydrogens (tertiary/aromatic N) is 3. The van der Waals surface area contributed by atoms with Crippen molar-refractivity contribution in [3.05, 3.63) is 36.4 Å². The highest BCUT2D eigenvalue weighted by molar-refractivity contribution is 5.02. The van der Waals surface area contributed by atoms with Gasteiger partial charge in [-0.1, -0.05) is 0 Å². The van der Waals surface area contributed by atoms with E-state index in [1.165, 1.54) is 5.56 Å². The van der Waals surface area contributed by atoms with Crippen LogP contribution < -0.4 is 0 Å². The first-order valence-corrected chi connectivity index (χ1v) is 3.90. The highest BCUT2D eigenvalue weighted by atomic mass is 15.3. The molecule has 1 N–H and O–H groups in total. The van der Waals surface area contributed by atoms with Crippen LogP contribution >= 0.6 is 0 Å². The number of hydrogen-bond donors (Lipinski definition) is 1. The summed E-state index contributed by atoms with van der Waals surface area (Å²) in [7, 11) is 0. The first kappa shape index (κ1) is 7.09. The van der Waals surface area contributed by atoms with Crippen molar-refractivity contribution in [2.75, 3.05) is 0 Å². The predicted octanol–water partition coefficient (Wildman–Crippen LogP) is 0.849. The minimum Gasteiger partial charge on any atom is -0.285 e. The minimum atomic E-state index is 0.909. The Morgan fingerprint density at radius 1 is 1.50 bits per heavy atom. The van der Waals surface area contributed by atoms with Gasteiger partial charge in [0.2, 0.25) is 0 Å². The number of aryl methyl sites for hydroxylation is 2. The Morgan fingerprint density at radius 2 is 2.50 bits per heavy atom. The molecule has 0 aromatic carbocycles.